The largest absolute Gasteiger partial charge is 0.342 e. The third-order valence-corrected chi connectivity index (χ3v) is 5.98. The minimum atomic E-state index is 0.0467. The molecule has 0 unspecified atom stereocenters. The fraction of sp³-hybridized carbons (Fsp3) is 0.647. The smallest absolute Gasteiger partial charge is 0.264 e. The third kappa shape index (κ3) is 4.49. The van der Waals surface area contributed by atoms with Crippen molar-refractivity contribution in [2.45, 2.75) is 25.7 Å². The molecule has 1 aromatic heterocycles. The second-order valence-electron chi connectivity index (χ2n) is 6.47. The Balaban J connectivity index is 1.46. The van der Waals surface area contributed by atoms with Gasteiger partial charge in [-0.05, 0) is 25.0 Å². The molecule has 0 aliphatic carbocycles. The highest BCUT2D eigenvalue weighted by atomic mass is 35.5. The van der Waals surface area contributed by atoms with Gasteiger partial charge in [0.25, 0.3) is 5.91 Å². The van der Waals surface area contributed by atoms with E-state index in [1.165, 1.54) is 24.2 Å². The highest BCUT2D eigenvalue weighted by Crippen LogP contribution is 2.23. The van der Waals surface area contributed by atoms with Crippen molar-refractivity contribution in [2.75, 3.05) is 45.8 Å². The number of hydrogen-bond donors (Lipinski definition) is 0. The van der Waals surface area contributed by atoms with Crippen LogP contribution in [-0.4, -0.2) is 72.3 Å². The maximum atomic E-state index is 12.4. The number of halogens is 1. The number of likely N-dealkylation sites (tertiary alicyclic amines) is 1. The van der Waals surface area contributed by atoms with Crippen LogP contribution >= 0.6 is 22.9 Å². The van der Waals surface area contributed by atoms with E-state index >= 15 is 0 Å². The fourth-order valence-electron chi connectivity index (χ4n) is 3.31. The van der Waals surface area contributed by atoms with E-state index in [9.17, 15) is 9.59 Å². The Kier molecular flexibility index (Phi) is 6.14. The standard InChI is InChI=1S/C17H24ClN3O2S/c18-15-6-5-14(24-15)17(23)21-11-9-19(10-12-21)13-16(22)20-7-3-1-2-4-8-20/h5-6H,1-4,7-13H2. The lowest BCUT2D eigenvalue weighted by Crippen LogP contribution is -2.51. The van der Waals surface area contributed by atoms with Crippen molar-refractivity contribution in [3.63, 3.8) is 0 Å². The van der Waals surface area contributed by atoms with E-state index in [0.29, 0.717) is 28.8 Å². The van der Waals surface area contributed by atoms with Crippen LogP contribution in [-0.2, 0) is 4.79 Å². The molecular formula is C17H24ClN3O2S. The van der Waals surface area contributed by atoms with Crippen LogP contribution in [0.3, 0.4) is 0 Å². The molecule has 7 heteroatoms. The molecule has 0 radical (unpaired) electrons. The first-order valence-electron chi connectivity index (χ1n) is 8.68. The number of thiophene rings is 1. The van der Waals surface area contributed by atoms with Crippen LogP contribution < -0.4 is 0 Å². The Bertz CT molecular complexity index is 576. The molecule has 0 atom stereocenters. The number of rotatable bonds is 3. The maximum Gasteiger partial charge on any atom is 0.264 e. The second-order valence-corrected chi connectivity index (χ2v) is 8.18. The Morgan fingerprint density at radius 1 is 0.917 bits per heavy atom. The Labute approximate surface area is 152 Å². The van der Waals surface area contributed by atoms with E-state index in [4.69, 9.17) is 11.6 Å². The summed E-state index contributed by atoms with van der Waals surface area (Å²) in [7, 11) is 0. The number of hydrogen-bond acceptors (Lipinski definition) is 4. The van der Waals surface area contributed by atoms with E-state index in [1.54, 1.807) is 12.1 Å². The zero-order valence-electron chi connectivity index (χ0n) is 13.9. The lowest BCUT2D eigenvalue weighted by molar-refractivity contribution is -0.132. The summed E-state index contributed by atoms with van der Waals surface area (Å²) in [6.45, 7) is 5.12. The Morgan fingerprint density at radius 3 is 2.17 bits per heavy atom. The van der Waals surface area contributed by atoms with Gasteiger partial charge in [0, 0.05) is 39.3 Å². The van der Waals surface area contributed by atoms with E-state index in [1.807, 2.05) is 9.80 Å². The summed E-state index contributed by atoms with van der Waals surface area (Å²) in [6.07, 6.45) is 4.71. The average molecular weight is 370 g/mol. The molecule has 2 aliphatic rings. The monoisotopic (exact) mass is 369 g/mol. The molecule has 1 aromatic rings. The van der Waals surface area contributed by atoms with Crippen molar-refractivity contribution in [2.24, 2.45) is 0 Å². The zero-order chi connectivity index (χ0) is 16.9. The fourth-order valence-corrected chi connectivity index (χ4v) is 4.32. The topological polar surface area (TPSA) is 43.9 Å². The first-order valence-corrected chi connectivity index (χ1v) is 9.87. The molecule has 2 saturated heterocycles. The summed E-state index contributed by atoms with van der Waals surface area (Å²) in [5.41, 5.74) is 0. The van der Waals surface area contributed by atoms with Gasteiger partial charge in [-0.3, -0.25) is 14.5 Å². The molecule has 3 heterocycles. The SMILES string of the molecule is O=C(CN1CCN(C(=O)c2ccc(Cl)s2)CC1)N1CCCCCC1. The van der Waals surface area contributed by atoms with Crippen LogP contribution in [0.25, 0.3) is 0 Å². The van der Waals surface area contributed by atoms with Crippen molar-refractivity contribution in [3.05, 3.63) is 21.3 Å². The molecule has 0 aromatic carbocycles. The highest BCUT2D eigenvalue weighted by Gasteiger charge is 2.25. The van der Waals surface area contributed by atoms with E-state index < -0.39 is 0 Å². The highest BCUT2D eigenvalue weighted by molar-refractivity contribution is 7.17. The van der Waals surface area contributed by atoms with Crippen LogP contribution in [0.2, 0.25) is 4.34 Å². The van der Waals surface area contributed by atoms with Crippen LogP contribution in [0.15, 0.2) is 12.1 Å². The van der Waals surface area contributed by atoms with Crippen molar-refractivity contribution >= 4 is 34.8 Å². The van der Waals surface area contributed by atoms with E-state index in [2.05, 4.69) is 4.90 Å². The number of nitrogens with zero attached hydrogens (tertiary/aromatic N) is 3. The molecular weight excluding hydrogens is 346 g/mol. The van der Waals surface area contributed by atoms with Crippen LogP contribution in [0.5, 0.6) is 0 Å². The number of carbonyl (C=O) groups is 2. The Morgan fingerprint density at radius 2 is 1.58 bits per heavy atom. The van der Waals surface area contributed by atoms with Gasteiger partial charge in [0.15, 0.2) is 0 Å². The Hall–Kier alpha value is -1.11. The predicted molar refractivity (Wildman–Crippen MR) is 96.7 cm³/mol. The normalized spacial score (nSPS) is 20.0. The van der Waals surface area contributed by atoms with Gasteiger partial charge in [0.2, 0.25) is 5.91 Å². The van der Waals surface area contributed by atoms with Crippen LogP contribution in [0.1, 0.15) is 35.4 Å². The summed E-state index contributed by atoms with van der Waals surface area (Å²) in [5, 5.41) is 0. The minimum Gasteiger partial charge on any atom is -0.342 e. The molecule has 132 valence electrons. The number of piperazine rings is 1. The summed E-state index contributed by atoms with van der Waals surface area (Å²) in [4.78, 5) is 31.6. The number of carbonyl (C=O) groups excluding carboxylic acids is 2. The van der Waals surface area contributed by atoms with Gasteiger partial charge in [-0.15, -0.1) is 11.3 Å². The van der Waals surface area contributed by atoms with Crippen molar-refractivity contribution in [1.82, 2.24) is 14.7 Å². The molecule has 0 saturated carbocycles. The quantitative estimate of drug-likeness (QED) is 0.822. The van der Waals surface area contributed by atoms with Gasteiger partial charge in [0.05, 0.1) is 15.8 Å². The summed E-state index contributed by atoms with van der Waals surface area (Å²) < 4.78 is 0.639. The van der Waals surface area contributed by atoms with Gasteiger partial charge in [-0.2, -0.15) is 0 Å². The molecule has 5 nitrogen and oxygen atoms in total. The van der Waals surface area contributed by atoms with Gasteiger partial charge in [0.1, 0.15) is 0 Å². The average Bonchev–Trinajstić information content (AvgIpc) is 2.85. The lowest BCUT2D eigenvalue weighted by Gasteiger charge is -2.35. The van der Waals surface area contributed by atoms with Crippen molar-refractivity contribution in [3.8, 4) is 0 Å². The predicted octanol–water partition coefficient (Wildman–Crippen LogP) is 2.56. The van der Waals surface area contributed by atoms with E-state index in [0.717, 1.165) is 39.0 Å². The van der Waals surface area contributed by atoms with Crippen molar-refractivity contribution < 1.29 is 9.59 Å². The van der Waals surface area contributed by atoms with Crippen LogP contribution in [0, 0.1) is 0 Å². The first kappa shape index (κ1) is 17.7. The van der Waals surface area contributed by atoms with Gasteiger partial charge in [-0.25, -0.2) is 0 Å². The first-order chi connectivity index (χ1) is 11.6. The van der Waals surface area contributed by atoms with Crippen molar-refractivity contribution in [1.29, 1.82) is 0 Å². The molecule has 2 fully saturated rings. The minimum absolute atomic E-state index is 0.0467. The molecule has 3 rings (SSSR count). The lowest BCUT2D eigenvalue weighted by atomic mass is 10.2. The molecule has 0 spiro atoms. The molecule has 0 bridgehead atoms. The van der Waals surface area contributed by atoms with Crippen LogP contribution in [0.4, 0.5) is 0 Å². The summed E-state index contributed by atoms with van der Waals surface area (Å²) >= 11 is 7.23. The molecule has 2 amide bonds. The summed E-state index contributed by atoms with van der Waals surface area (Å²) in [6, 6.07) is 3.54. The number of amides is 2. The third-order valence-electron chi connectivity index (χ3n) is 4.76. The maximum absolute atomic E-state index is 12.4. The van der Waals surface area contributed by atoms with Gasteiger partial charge in [-0.1, -0.05) is 24.4 Å². The van der Waals surface area contributed by atoms with Gasteiger partial charge < -0.3 is 9.80 Å². The van der Waals surface area contributed by atoms with Gasteiger partial charge >= 0.3 is 0 Å². The second kappa shape index (κ2) is 8.32. The molecule has 2 aliphatic heterocycles. The molecule has 24 heavy (non-hydrogen) atoms. The summed E-state index contributed by atoms with van der Waals surface area (Å²) in [5.74, 6) is 0.284. The zero-order valence-corrected chi connectivity index (χ0v) is 15.4. The molecule has 0 N–H and O–H groups in total. The van der Waals surface area contributed by atoms with E-state index in [-0.39, 0.29) is 11.8 Å².